The summed E-state index contributed by atoms with van der Waals surface area (Å²) in [5.41, 5.74) is 6.64. The average Bonchev–Trinajstić information content (AvgIpc) is 2.63. The Morgan fingerprint density at radius 3 is 2.74 bits per heavy atom. The second kappa shape index (κ2) is 10.1. The topological polar surface area (TPSA) is 59.9 Å². The van der Waals surface area contributed by atoms with Crippen molar-refractivity contribution in [3.05, 3.63) is 68.8 Å². The van der Waals surface area contributed by atoms with Crippen LogP contribution < -0.4 is 14.9 Å². The van der Waals surface area contributed by atoms with Gasteiger partial charge in [-0.25, -0.2) is 5.43 Å². The number of amides is 1. The molecule has 6 heteroatoms. The minimum absolute atomic E-state index is 0.161. The summed E-state index contributed by atoms with van der Waals surface area (Å²) in [7, 11) is 1.58. The van der Waals surface area contributed by atoms with Crippen LogP contribution in [0.4, 0.5) is 0 Å². The number of carbonyl (C=O) groups excluding carboxylic acids is 1. The molecule has 0 spiro atoms. The van der Waals surface area contributed by atoms with Gasteiger partial charge in [0.2, 0.25) is 5.91 Å². The highest BCUT2D eigenvalue weighted by Crippen LogP contribution is 2.33. The summed E-state index contributed by atoms with van der Waals surface area (Å²) >= 11 is 2.17. The zero-order valence-electron chi connectivity index (χ0n) is 15.7. The number of carbonyl (C=O) groups is 1. The summed E-state index contributed by atoms with van der Waals surface area (Å²) in [4.78, 5) is 12.1. The van der Waals surface area contributed by atoms with E-state index in [4.69, 9.17) is 9.47 Å². The third-order valence-electron chi connectivity index (χ3n) is 3.85. The Morgan fingerprint density at radius 1 is 1.30 bits per heavy atom. The molecule has 0 aliphatic heterocycles. The molecule has 0 aliphatic carbocycles. The smallest absolute Gasteiger partial charge is 0.244 e. The van der Waals surface area contributed by atoms with Gasteiger partial charge in [0.25, 0.3) is 0 Å². The number of hydrogen-bond acceptors (Lipinski definition) is 4. The first-order valence-corrected chi connectivity index (χ1v) is 9.51. The van der Waals surface area contributed by atoms with Crippen LogP contribution in [0.15, 0.2) is 48.1 Å². The van der Waals surface area contributed by atoms with Crippen LogP contribution in [0.2, 0.25) is 0 Å². The van der Waals surface area contributed by atoms with E-state index in [0.717, 1.165) is 20.3 Å². The van der Waals surface area contributed by atoms with Crippen LogP contribution in [0.3, 0.4) is 0 Å². The Morgan fingerprint density at radius 2 is 2.07 bits per heavy atom. The molecular formula is C21H23IN2O3. The van der Waals surface area contributed by atoms with Gasteiger partial charge in [-0.3, -0.25) is 4.79 Å². The first kappa shape index (κ1) is 21.0. The SMILES string of the molecule is C=CCOc1c(I)cc(/C=N/NC(=O)Cc2ccc(C)cc2C)cc1OC. The van der Waals surface area contributed by atoms with Crippen molar-refractivity contribution in [3.8, 4) is 11.5 Å². The summed E-state index contributed by atoms with van der Waals surface area (Å²) in [5.74, 6) is 1.10. The minimum atomic E-state index is -0.161. The first-order chi connectivity index (χ1) is 12.9. The molecule has 0 heterocycles. The van der Waals surface area contributed by atoms with Crippen LogP contribution >= 0.6 is 22.6 Å². The van der Waals surface area contributed by atoms with Gasteiger partial charge in [-0.2, -0.15) is 5.10 Å². The number of ether oxygens (including phenoxy) is 2. The lowest BCUT2D eigenvalue weighted by molar-refractivity contribution is -0.120. The molecule has 2 aromatic rings. The van der Waals surface area contributed by atoms with Crippen molar-refractivity contribution >= 4 is 34.7 Å². The number of nitrogens with zero attached hydrogens (tertiary/aromatic N) is 1. The van der Waals surface area contributed by atoms with E-state index in [1.54, 1.807) is 25.5 Å². The van der Waals surface area contributed by atoms with Crippen molar-refractivity contribution in [2.45, 2.75) is 20.3 Å². The molecule has 142 valence electrons. The Labute approximate surface area is 173 Å². The maximum absolute atomic E-state index is 12.1. The van der Waals surface area contributed by atoms with Crippen LogP contribution in [0.1, 0.15) is 22.3 Å². The third-order valence-corrected chi connectivity index (χ3v) is 4.65. The Hall–Kier alpha value is -2.35. The van der Waals surface area contributed by atoms with Crippen molar-refractivity contribution in [2.75, 3.05) is 13.7 Å². The number of aryl methyl sites for hydroxylation is 2. The maximum atomic E-state index is 12.1. The summed E-state index contributed by atoms with van der Waals surface area (Å²) in [5, 5.41) is 4.05. The van der Waals surface area contributed by atoms with Gasteiger partial charge in [0.15, 0.2) is 11.5 Å². The lowest BCUT2D eigenvalue weighted by Gasteiger charge is -2.12. The molecule has 0 saturated heterocycles. The first-order valence-electron chi connectivity index (χ1n) is 8.44. The molecule has 2 rings (SSSR count). The number of methoxy groups -OCH3 is 1. The second-order valence-electron chi connectivity index (χ2n) is 6.03. The molecule has 0 radical (unpaired) electrons. The number of hydrazone groups is 1. The highest BCUT2D eigenvalue weighted by atomic mass is 127. The molecule has 2 aromatic carbocycles. The van der Waals surface area contributed by atoms with E-state index in [9.17, 15) is 4.79 Å². The molecule has 1 amide bonds. The van der Waals surface area contributed by atoms with Gasteiger partial charge in [-0.1, -0.05) is 36.4 Å². The fourth-order valence-corrected chi connectivity index (χ4v) is 3.31. The van der Waals surface area contributed by atoms with E-state index in [-0.39, 0.29) is 5.91 Å². The normalized spacial score (nSPS) is 10.7. The van der Waals surface area contributed by atoms with Crippen LogP contribution in [0.25, 0.3) is 0 Å². The Balaban J connectivity index is 2.03. The summed E-state index contributed by atoms with van der Waals surface area (Å²) in [6.45, 7) is 8.08. The highest BCUT2D eigenvalue weighted by Gasteiger charge is 2.11. The van der Waals surface area contributed by atoms with Gasteiger partial charge in [0.1, 0.15) is 6.61 Å². The summed E-state index contributed by atoms with van der Waals surface area (Å²) < 4.78 is 11.9. The minimum Gasteiger partial charge on any atom is -0.493 e. The fourth-order valence-electron chi connectivity index (χ4n) is 2.53. The Bertz CT molecular complexity index is 863. The number of nitrogens with one attached hydrogen (secondary N) is 1. The van der Waals surface area contributed by atoms with Crippen LogP contribution in [-0.4, -0.2) is 25.8 Å². The van der Waals surface area contributed by atoms with E-state index in [2.05, 4.69) is 45.8 Å². The molecule has 5 nitrogen and oxygen atoms in total. The van der Waals surface area contributed by atoms with Gasteiger partial charge < -0.3 is 9.47 Å². The van der Waals surface area contributed by atoms with Gasteiger partial charge in [0.05, 0.1) is 23.3 Å². The largest absolute Gasteiger partial charge is 0.493 e. The number of benzene rings is 2. The molecule has 27 heavy (non-hydrogen) atoms. The van der Waals surface area contributed by atoms with Crippen LogP contribution in [0, 0.1) is 17.4 Å². The molecule has 1 N–H and O–H groups in total. The van der Waals surface area contributed by atoms with E-state index in [1.165, 1.54) is 5.56 Å². The van der Waals surface area contributed by atoms with Gasteiger partial charge >= 0.3 is 0 Å². The molecule has 0 fully saturated rings. The van der Waals surface area contributed by atoms with Crippen LogP contribution in [-0.2, 0) is 11.2 Å². The highest BCUT2D eigenvalue weighted by molar-refractivity contribution is 14.1. The predicted molar refractivity (Wildman–Crippen MR) is 117 cm³/mol. The molecule has 0 bridgehead atoms. The molecule has 0 aromatic heterocycles. The zero-order valence-corrected chi connectivity index (χ0v) is 17.9. The second-order valence-corrected chi connectivity index (χ2v) is 7.20. The zero-order chi connectivity index (χ0) is 19.8. The van der Waals surface area contributed by atoms with Crippen molar-refractivity contribution in [3.63, 3.8) is 0 Å². The predicted octanol–water partition coefficient (Wildman–Crippen LogP) is 4.17. The van der Waals surface area contributed by atoms with E-state index in [1.807, 2.05) is 32.0 Å². The number of rotatable bonds is 8. The lowest BCUT2D eigenvalue weighted by atomic mass is 10.0. The van der Waals surface area contributed by atoms with Crippen molar-refractivity contribution in [1.82, 2.24) is 5.43 Å². The molecule has 0 unspecified atom stereocenters. The third kappa shape index (κ3) is 6.09. The van der Waals surface area contributed by atoms with Crippen molar-refractivity contribution in [1.29, 1.82) is 0 Å². The molecule has 0 aliphatic rings. The molecule has 0 saturated carbocycles. The molecule has 0 atom stereocenters. The monoisotopic (exact) mass is 478 g/mol. The fraction of sp³-hybridized carbons (Fsp3) is 0.238. The van der Waals surface area contributed by atoms with E-state index < -0.39 is 0 Å². The van der Waals surface area contributed by atoms with Gasteiger partial charge in [0, 0.05) is 0 Å². The number of halogens is 1. The van der Waals surface area contributed by atoms with Gasteiger partial charge in [-0.05, 0) is 65.3 Å². The Kier molecular flexibility index (Phi) is 7.84. The lowest BCUT2D eigenvalue weighted by Crippen LogP contribution is -2.20. The summed E-state index contributed by atoms with van der Waals surface area (Å²) in [6, 6.07) is 9.75. The van der Waals surface area contributed by atoms with Crippen molar-refractivity contribution in [2.24, 2.45) is 5.10 Å². The molecular weight excluding hydrogens is 455 g/mol. The van der Waals surface area contributed by atoms with Crippen LogP contribution in [0.5, 0.6) is 11.5 Å². The quantitative estimate of drug-likeness (QED) is 0.268. The standard InChI is InChI=1S/C21H23IN2O3/c1-5-8-27-21-18(22)10-16(11-19(21)26-4)13-23-24-20(25)12-17-7-6-14(2)9-15(17)3/h5-7,9-11,13H,1,8,12H2,2-4H3,(H,24,25)/b23-13+. The van der Waals surface area contributed by atoms with E-state index in [0.29, 0.717) is 24.5 Å². The van der Waals surface area contributed by atoms with E-state index >= 15 is 0 Å². The average molecular weight is 478 g/mol. The summed E-state index contributed by atoms with van der Waals surface area (Å²) in [6.07, 6.45) is 3.55. The van der Waals surface area contributed by atoms with Gasteiger partial charge in [-0.15, -0.1) is 0 Å². The number of hydrogen-bond donors (Lipinski definition) is 1. The van der Waals surface area contributed by atoms with Crippen molar-refractivity contribution < 1.29 is 14.3 Å². The maximum Gasteiger partial charge on any atom is 0.244 e.